The summed E-state index contributed by atoms with van der Waals surface area (Å²) in [6.07, 6.45) is 4.44. The molecule has 1 saturated heterocycles. The molecule has 0 spiro atoms. The smallest absolute Gasteiger partial charge is 0.274 e. The molecule has 3 rings (SSSR count). The zero-order chi connectivity index (χ0) is 17.1. The molecular weight excluding hydrogens is 304 g/mol. The molecule has 2 amide bonds. The van der Waals surface area contributed by atoms with Crippen LogP contribution in [-0.4, -0.2) is 39.8 Å². The zero-order valence-electron chi connectivity index (χ0n) is 13.8. The Kier molecular flexibility index (Phi) is 4.55. The van der Waals surface area contributed by atoms with Crippen molar-refractivity contribution in [2.24, 2.45) is 5.92 Å². The molecule has 2 aromatic rings. The first kappa shape index (κ1) is 16.1. The van der Waals surface area contributed by atoms with Crippen molar-refractivity contribution in [3.05, 3.63) is 54.1 Å². The topological polar surface area (TPSA) is 75.2 Å². The van der Waals surface area contributed by atoms with Crippen LogP contribution in [0.4, 0.5) is 5.69 Å². The second kappa shape index (κ2) is 6.78. The van der Waals surface area contributed by atoms with Gasteiger partial charge >= 0.3 is 0 Å². The number of nitrogens with zero attached hydrogens (tertiary/aromatic N) is 3. The van der Waals surface area contributed by atoms with Crippen LogP contribution in [0.25, 0.3) is 0 Å². The highest BCUT2D eigenvalue weighted by Gasteiger charge is 2.36. The van der Waals surface area contributed by atoms with Gasteiger partial charge in [-0.15, -0.1) is 0 Å². The van der Waals surface area contributed by atoms with Crippen LogP contribution in [0.1, 0.15) is 35.8 Å². The van der Waals surface area contributed by atoms with Crippen LogP contribution >= 0.6 is 0 Å². The Labute approximate surface area is 140 Å². The first-order valence-electron chi connectivity index (χ1n) is 8.00. The molecule has 0 unspecified atom stereocenters. The average molecular weight is 324 g/mol. The van der Waals surface area contributed by atoms with Gasteiger partial charge in [0.05, 0.1) is 12.1 Å². The van der Waals surface area contributed by atoms with E-state index >= 15 is 0 Å². The summed E-state index contributed by atoms with van der Waals surface area (Å²) in [6, 6.07) is 7.86. The molecule has 124 valence electrons. The molecule has 6 heteroatoms. The van der Waals surface area contributed by atoms with Crippen LogP contribution in [0.3, 0.4) is 0 Å². The van der Waals surface area contributed by atoms with Gasteiger partial charge in [0.15, 0.2) is 0 Å². The number of aromatic nitrogens is 2. The van der Waals surface area contributed by atoms with Crippen molar-refractivity contribution in [1.29, 1.82) is 0 Å². The van der Waals surface area contributed by atoms with Gasteiger partial charge in [-0.3, -0.25) is 14.6 Å². The largest absolute Gasteiger partial charge is 0.336 e. The molecule has 2 heterocycles. The highest BCUT2D eigenvalue weighted by atomic mass is 16.2. The van der Waals surface area contributed by atoms with E-state index in [0.29, 0.717) is 24.7 Å². The molecule has 0 bridgehead atoms. The minimum absolute atomic E-state index is 0.0597. The maximum Gasteiger partial charge on any atom is 0.274 e. The van der Waals surface area contributed by atoms with Crippen molar-refractivity contribution in [1.82, 2.24) is 14.9 Å². The molecule has 0 aliphatic carbocycles. The van der Waals surface area contributed by atoms with E-state index in [4.69, 9.17) is 0 Å². The van der Waals surface area contributed by atoms with Crippen LogP contribution in [0.2, 0.25) is 0 Å². The quantitative estimate of drug-likeness (QED) is 0.936. The van der Waals surface area contributed by atoms with Crippen LogP contribution in [0, 0.1) is 5.92 Å². The minimum Gasteiger partial charge on any atom is -0.336 e. The van der Waals surface area contributed by atoms with E-state index in [1.54, 1.807) is 4.90 Å². The fourth-order valence-electron chi connectivity index (χ4n) is 2.58. The molecule has 1 aliphatic rings. The molecule has 1 N–H and O–H groups in total. The van der Waals surface area contributed by atoms with Gasteiger partial charge in [-0.25, -0.2) is 4.98 Å². The third-order valence-corrected chi connectivity index (χ3v) is 4.17. The van der Waals surface area contributed by atoms with Gasteiger partial charge in [0.25, 0.3) is 5.91 Å². The van der Waals surface area contributed by atoms with E-state index in [0.717, 1.165) is 5.69 Å². The first-order valence-corrected chi connectivity index (χ1v) is 8.00. The van der Waals surface area contributed by atoms with Crippen LogP contribution in [-0.2, 0) is 4.79 Å². The summed E-state index contributed by atoms with van der Waals surface area (Å²) in [5.41, 5.74) is 2.32. The molecular formula is C18H20N4O2. The second-order valence-corrected chi connectivity index (χ2v) is 6.26. The summed E-state index contributed by atoms with van der Waals surface area (Å²) in [4.78, 5) is 33.9. The fourth-order valence-corrected chi connectivity index (χ4v) is 2.58. The fraction of sp³-hybridized carbons (Fsp3) is 0.333. The molecule has 1 fully saturated rings. The lowest BCUT2D eigenvalue weighted by molar-refractivity contribution is -0.123. The predicted octanol–water partition coefficient (Wildman–Crippen LogP) is 2.31. The Balaban J connectivity index is 1.52. The van der Waals surface area contributed by atoms with E-state index in [1.807, 2.05) is 24.3 Å². The number of amides is 2. The summed E-state index contributed by atoms with van der Waals surface area (Å²) < 4.78 is 0. The van der Waals surface area contributed by atoms with Gasteiger partial charge in [-0.2, -0.15) is 0 Å². The predicted molar refractivity (Wildman–Crippen MR) is 90.6 cm³/mol. The van der Waals surface area contributed by atoms with Gasteiger partial charge in [-0.05, 0) is 23.6 Å². The van der Waals surface area contributed by atoms with Gasteiger partial charge in [0, 0.05) is 31.2 Å². The summed E-state index contributed by atoms with van der Waals surface area (Å²) >= 11 is 0. The Morgan fingerprint density at radius 1 is 1.17 bits per heavy atom. The summed E-state index contributed by atoms with van der Waals surface area (Å²) in [5.74, 6) is 0.0290. The molecule has 6 nitrogen and oxygen atoms in total. The normalized spacial score (nSPS) is 14.4. The number of benzene rings is 1. The van der Waals surface area contributed by atoms with Gasteiger partial charge in [-0.1, -0.05) is 26.0 Å². The van der Waals surface area contributed by atoms with Crippen molar-refractivity contribution in [2.45, 2.75) is 19.8 Å². The number of carbonyl (C=O) groups is 2. The molecule has 24 heavy (non-hydrogen) atoms. The van der Waals surface area contributed by atoms with E-state index in [9.17, 15) is 9.59 Å². The van der Waals surface area contributed by atoms with Crippen LogP contribution < -0.4 is 5.32 Å². The Bertz CT molecular complexity index is 722. The Morgan fingerprint density at radius 3 is 2.46 bits per heavy atom. The number of likely N-dealkylation sites (tertiary alicyclic amines) is 1. The lowest BCUT2D eigenvalue weighted by Crippen LogP contribution is -2.54. The van der Waals surface area contributed by atoms with Gasteiger partial charge < -0.3 is 10.2 Å². The number of hydrogen-bond donors (Lipinski definition) is 1. The molecule has 1 aliphatic heterocycles. The zero-order valence-corrected chi connectivity index (χ0v) is 13.8. The van der Waals surface area contributed by atoms with Crippen molar-refractivity contribution >= 4 is 17.5 Å². The number of anilines is 1. The molecule has 0 atom stereocenters. The van der Waals surface area contributed by atoms with Crippen molar-refractivity contribution in [3.63, 3.8) is 0 Å². The summed E-state index contributed by atoms with van der Waals surface area (Å²) in [5, 5.41) is 2.90. The molecule has 0 radical (unpaired) electrons. The number of nitrogens with one attached hydrogen (secondary N) is 1. The Hall–Kier alpha value is -2.76. The second-order valence-electron chi connectivity index (χ2n) is 6.26. The molecule has 1 aromatic carbocycles. The minimum atomic E-state index is -0.187. The third kappa shape index (κ3) is 3.42. The summed E-state index contributed by atoms with van der Waals surface area (Å²) in [6.45, 7) is 5.08. The maximum atomic E-state index is 12.2. The highest BCUT2D eigenvalue weighted by Crippen LogP contribution is 2.21. The third-order valence-electron chi connectivity index (χ3n) is 4.17. The monoisotopic (exact) mass is 324 g/mol. The van der Waals surface area contributed by atoms with Crippen LogP contribution in [0.5, 0.6) is 0 Å². The van der Waals surface area contributed by atoms with Crippen LogP contribution in [0.15, 0.2) is 42.9 Å². The lowest BCUT2D eigenvalue weighted by atomic mass is 9.98. The molecule has 1 aromatic heterocycles. The van der Waals surface area contributed by atoms with E-state index in [1.165, 1.54) is 24.2 Å². The Morgan fingerprint density at radius 2 is 1.88 bits per heavy atom. The van der Waals surface area contributed by atoms with Gasteiger partial charge in [0.1, 0.15) is 5.69 Å². The van der Waals surface area contributed by atoms with Crippen molar-refractivity contribution in [2.75, 3.05) is 18.4 Å². The van der Waals surface area contributed by atoms with E-state index in [2.05, 4.69) is 29.1 Å². The van der Waals surface area contributed by atoms with Crippen molar-refractivity contribution < 1.29 is 9.59 Å². The lowest BCUT2D eigenvalue weighted by Gasteiger charge is -2.37. The highest BCUT2D eigenvalue weighted by molar-refractivity contribution is 5.97. The standard InChI is InChI=1S/C18H20N4O2/c1-12(2)13-3-5-15(6-4-13)21-17(23)14-10-22(11-14)18(24)16-9-19-7-8-20-16/h3-9,12,14H,10-11H2,1-2H3,(H,21,23). The SMILES string of the molecule is CC(C)c1ccc(NC(=O)C2CN(C(=O)c3cnccn3)C2)cc1. The van der Waals surface area contributed by atoms with Crippen molar-refractivity contribution in [3.8, 4) is 0 Å². The van der Waals surface area contributed by atoms with E-state index in [-0.39, 0.29) is 17.7 Å². The number of carbonyl (C=O) groups excluding carboxylic acids is 2. The first-order chi connectivity index (χ1) is 11.5. The van der Waals surface area contributed by atoms with Gasteiger partial charge in [0.2, 0.25) is 5.91 Å². The average Bonchev–Trinajstić information content (AvgIpc) is 2.54. The number of rotatable bonds is 4. The van der Waals surface area contributed by atoms with E-state index < -0.39 is 0 Å². The maximum absolute atomic E-state index is 12.2. The molecule has 0 saturated carbocycles. The summed E-state index contributed by atoms with van der Waals surface area (Å²) in [7, 11) is 0. The number of hydrogen-bond acceptors (Lipinski definition) is 4.